The first kappa shape index (κ1) is 14.6. The maximum Gasteiger partial charge on any atom is 0.573 e. The zero-order chi connectivity index (χ0) is 14.1. The third-order valence-corrected chi connectivity index (χ3v) is 3.77. The van der Waals surface area contributed by atoms with E-state index in [-0.39, 0.29) is 0 Å². The number of ether oxygens (including phenoxy) is 1. The second-order valence-corrected chi connectivity index (χ2v) is 5.59. The fourth-order valence-corrected chi connectivity index (χ4v) is 2.10. The van der Waals surface area contributed by atoms with Crippen molar-refractivity contribution in [2.75, 3.05) is 14.1 Å². The van der Waals surface area contributed by atoms with Crippen LogP contribution in [-0.4, -0.2) is 38.3 Å². The monoisotopic (exact) mass is 285 g/mol. The standard InChI is InChI=1S/C9H10F3NO4S/c1-13(2)18(15,16)8-4-3-6(14)5-7(8)17-9(10,11)12/h3-5,14H,1-2H3. The first-order chi connectivity index (χ1) is 8.04. The summed E-state index contributed by atoms with van der Waals surface area (Å²) in [6.45, 7) is 0. The molecule has 0 saturated carbocycles. The number of phenolic OH excluding ortho intramolecular Hbond substituents is 1. The van der Waals surface area contributed by atoms with Crippen molar-refractivity contribution in [1.82, 2.24) is 4.31 Å². The van der Waals surface area contributed by atoms with E-state index in [9.17, 15) is 21.6 Å². The highest BCUT2D eigenvalue weighted by Gasteiger charge is 2.34. The Morgan fingerprint density at radius 3 is 2.28 bits per heavy atom. The highest BCUT2D eigenvalue weighted by Crippen LogP contribution is 2.33. The fraction of sp³-hybridized carbons (Fsp3) is 0.333. The summed E-state index contributed by atoms with van der Waals surface area (Å²) < 4.78 is 64.2. The Morgan fingerprint density at radius 1 is 1.28 bits per heavy atom. The summed E-state index contributed by atoms with van der Waals surface area (Å²) in [6.07, 6.45) is -5.05. The Kier molecular flexibility index (Phi) is 3.77. The van der Waals surface area contributed by atoms with E-state index in [1.807, 2.05) is 0 Å². The van der Waals surface area contributed by atoms with Gasteiger partial charge in [0, 0.05) is 20.2 Å². The molecule has 0 aliphatic rings. The molecule has 1 aromatic rings. The van der Waals surface area contributed by atoms with Gasteiger partial charge in [0.15, 0.2) is 5.75 Å². The number of rotatable bonds is 3. The molecular weight excluding hydrogens is 275 g/mol. The van der Waals surface area contributed by atoms with E-state index in [4.69, 9.17) is 5.11 Å². The minimum atomic E-state index is -5.05. The molecule has 0 aliphatic carbocycles. The van der Waals surface area contributed by atoms with Crippen molar-refractivity contribution >= 4 is 10.0 Å². The van der Waals surface area contributed by atoms with Crippen molar-refractivity contribution in [1.29, 1.82) is 0 Å². The number of nitrogens with zero attached hydrogens (tertiary/aromatic N) is 1. The van der Waals surface area contributed by atoms with Gasteiger partial charge in [0.1, 0.15) is 10.6 Å². The van der Waals surface area contributed by atoms with Gasteiger partial charge in [0.25, 0.3) is 0 Å². The molecule has 0 aliphatic heterocycles. The van der Waals surface area contributed by atoms with Crippen LogP contribution < -0.4 is 4.74 Å². The number of hydrogen-bond donors (Lipinski definition) is 1. The van der Waals surface area contributed by atoms with Crippen molar-refractivity contribution < 1.29 is 31.4 Å². The molecule has 0 radical (unpaired) electrons. The van der Waals surface area contributed by atoms with Crippen LogP contribution in [0.1, 0.15) is 0 Å². The van der Waals surface area contributed by atoms with Gasteiger partial charge in [-0.05, 0) is 12.1 Å². The Hall–Kier alpha value is -1.48. The van der Waals surface area contributed by atoms with Gasteiger partial charge >= 0.3 is 6.36 Å². The quantitative estimate of drug-likeness (QED) is 0.914. The number of hydrogen-bond acceptors (Lipinski definition) is 4. The van der Waals surface area contributed by atoms with Gasteiger partial charge < -0.3 is 9.84 Å². The zero-order valence-electron chi connectivity index (χ0n) is 9.39. The molecule has 0 bridgehead atoms. The molecule has 18 heavy (non-hydrogen) atoms. The molecular formula is C9H10F3NO4S. The van der Waals surface area contributed by atoms with Crippen molar-refractivity contribution in [2.24, 2.45) is 0 Å². The molecule has 9 heteroatoms. The molecule has 0 amide bonds. The summed E-state index contributed by atoms with van der Waals surface area (Å²) in [7, 11) is -1.77. The summed E-state index contributed by atoms with van der Waals surface area (Å²) in [5, 5.41) is 9.08. The van der Waals surface area contributed by atoms with Crippen LogP contribution in [-0.2, 0) is 10.0 Å². The normalized spacial score (nSPS) is 12.8. The van der Waals surface area contributed by atoms with Crippen LogP contribution in [0.25, 0.3) is 0 Å². The molecule has 0 atom stereocenters. The van der Waals surface area contributed by atoms with E-state index in [0.29, 0.717) is 6.07 Å². The number of phenols is 1. The van der Waals surface area contributed by atoms with Crippen LogP contribution in [0.15, 0.2) is 23.1 Å². The number of alkyl halides is 3. The van der Waals surface area contributed by atoms with Crippen LogP contribution >= 0.6 is 0 Å². The van der Waals surface area contributed by atoms with E-state index in [1.54, 1.807) is 0 Å². The largest absolute Gasteiger partial charge is 0.573 e. The Balaban J connectivity index is 3.37. The Bertz CT molecular complexity index is 539. The van der Waals surface area contributed by atoms with Crippen molar-refractivity contribution in [3.8, 4) is 11.5 Å². The fourth-order valence-electron chi connectivity index (χ4n) is 1.11. The van der Waals surface area contributed by atoms with Gasteiger partial charge in [0.05, 0.1) is 0 Å². The average molecular weight is 285 g/mol. The number of aromatic hydroxyl groups is 1. The number of halogens is 3. The minimum absolute atomic E-state index is 0.535. The van der Waals surface area contributed by atoms with E-state index in [2.05, 4.69) is 4.74 Å². The summed E-state index contributed by atoms with van der Waals surface area (Å²) in [4.78, 5) is -0.678. The van der Waals surface area contributed by atoms with Crippen molar-refractivity contribution in [3.05, 3.63) is 18.2 Å². The van der Waals surface area contributed by atoms with Gasteiger partial charge in [-0.3, -0.25) is 0 Å². The molecule has 0 saturated heterocycles. The van der Waals surface area contributed by atoms with Gasteiger partial charge in [-0.2, -0.15) is 0 Å². The zero-order valence-corrected chi connectivity index (χ0v) is 10.2. The lowest BCUT2D eigenvalue weighted by molar-refractivity contribution is -0.275. The smallest absolute Gasteiger partial charge is 0.508 e. The summed E-state index contributed by atoms with van der Waals surface area (Å²) in [5.74, 6) is -1.51. The van der Waals surface area contributed by atoms with Gasteiger partial charge in [-0.1, -0.05) is 0 Å². The second-order valence-electron chi connectivity index (χ2n) is 3.47. The van der Waals surface area contributed by atoms with E-state index >= 15 is 0 Å². The number of benzene rings is 1. The highest BCUT2D eigenvalue weighted by molar-refractivity contribution is 7.89. The van der Waals surface area contributed by atoms with Crippen molar-refractivity contribution in [2.45, 2.75) is 11.3 Å². The predicted octanol–water partition coefficient (Wildman–Crippen LogP) is 1.54. The van der Waals surface area contributed by atoms with Gasteiger partial charge in [-0.25, -0.2) is 12.7 Å². The first-order valence-corrected chi connectivity index (χ1v) is 5.99. The van der Waals surface area contributed by atoms with E-state index < -0.39 is 32.8 Å². The van der Waals surface area contributed by atoms with Crippen LogP contribution in [0.2, 0.25) is 0 Å². The summed E-state index contributed by atoms with van der Waals surface area (Å²) >= 11 is 0. The van der Waals surface area contributed by atoms with Gasteiger partial charge in [-0.15, -0.1) is 13.2 Å². The molecule has 5 nitrogen and oxygen atoms in total. The molecule has 1 N–H and O–H groups in total. The topological polar surface area (TPSA) is 66.8 Å². The molecule has 0 spiro atoms. The predicted molar refractivity (Wildman–Crippen MR) is 55.7 cm³/mol. The molecule has 102 valence electrons. The van der Waals surface area contributed by atoms with Crippen LogP contribution in [0, 0.1) is 0 Å². The van der Waals surface area contributed by atoms with E-state index in [0.717, 1.165) is 16.4 Å². The third kappa shape index (κ3) is 3.26. The van der Waals surface area contributed by atoms with Crippen LogP contribution in [0.3, 0.4) is 0 Å². The Morgan fingerprint density at radius 2 is 1.83 bits per heavy atom. The van der Waals surface area contributed by atoms with Crippen LogP contribution in [0.4, 0.5) is 13.2 Å². The average Bonchev–Trinajstić information content (AvgIpc) is 2.13. The minimum Gasteiger partial charge on any atom is -0.508 e. The van der Waals surface area contributed by atoms with Gasteiger partial charge in [0.2, 0.25) is 10.0 Å². The second kappa shape index (κ2) is 4.65. The lowest BCUT2D eigenvalue weighted by atomic mass is 10.3. The SMILES string of the molecule is CN(C)S(=O)(=O)c1ccc(O)cc1OC(F)(F)F. The van der Waals surface area contributed by atoms with Crippen LogP contribution in [0.5, 0.6) is 11.5 Å². The van der Waals surface area contributed by atoms with E-state index in [1.165, 1.54) is 14.1 Å². The molecule has 0 heterocycles. The summed E-state index contributed by atoms with van der Waals surface area (Å²) in [6, 6.07) is 2.38. The molecule has 1 rings (SSSR count). The summed E-state index contributed by atoms with van der Waals surface area (Å²) in [5.41, 5.74) is 0. The number of sulfonamides is 1. The molecule has 0 unspecified atom stereocenters. The molecule has 1 aromatic carbocycles. The maximum absolute atomic E-state index is 12.1. The lowest BCUT2D eigenvalue weighted by Crippen LogP contribution is -2.25. The third-order valence-electron chi connectivity index (χ3n) is 1.91. The lowest BCUT2D eigenvalue weighted by Gasteiger charge is -2.16. The van der Waals surface area contributed by atoms with Crippen molar-refractivity contribution in [3.63, 3.8) is 0 Å². The molecule has 0 fully saturated rings. The first-order valence-electron chi connectivity index (χ1n) is 4.55. The highest BCUT2D eigenvalue weighted by atomic mass is 32.2. The maximum atomic E-state index is 12.1. The Labute approximate surface area is 101 Å². The molecule has 0 aromatic heterocycles.